The number of benzene rings is 1. The monoisotopic (exact) mass is 364 g/mol. The quantitative estimate of drug-likeness (QED) is 0.719. The molecule has 140 valence electrons. The molecule has 1 saturated carbocycles. The van der Waals surface area contributed by atoms with E-state index in [0.717, 1.165) is 41.0 Å². The molecule has 1 aliphatic rings. The summed E-state index contributed by atoms with van der Waals surface area (Å²) in [5.74, 6) is 0.408. The second-order valence-electron chi connectivity index (χ2n) is 7.67. The average Bonchev–Trinajstić information content (AvgIpc) is 3.40. The van der Waals surface area contributed by atoms with Crippen LogP contribution in [0.3, 0.4) is 0 Å². The van der Waals surface area contributed by atoms with Crippen LogP contribution in [0.4, 0.5) is 11.4 Å². The zero-order valence-corrected chi connectivity index (χ0v) is 16.1. The summed E-state index contributed by atoms with van der Waals surface area (Å²) in [7, 11) is 3.97. The number of carbonyl (C=O) groups is 1. The minimum Gasteiger partial charge on any atom is -0.378 e. The van der Waals surface area contributed by atoms with E-state index in [4.69, 9.17) is 4.52 Å². The number of amides is 1. The molecular formula is C21H24N4O2. The summed E-state index contributed by atoms with van der Waals surface area (Å²) in [6, 6.07) is 9.68. The van der Waals surface area contributed by atoms with Crippen LogP contribution in [0.1, 0.15) is 60.3 Å². The van der Waals surface area contributed by atoms with Crippen molar-refractivity contribution in [3.05, 3.63) is 47.3 Å². The minimum absolute atomic E-state index is 0.144. The lowest BCUT2D eigenvalue weighted by atomic mass is 10.0. The van der Waals surface area contributed by atoms with Crippen LogP contribution in [0.5, 0.6) is 0 Å². The third-order valence-corrected chi connectivity index (χ3v) is 4.92. The maximum Gasteiger partial charge on any atom is 0.259 e. The maximum absolute atomic E-state index is 13.1. The molecule has 0 unspecified atom stereocenters. The van der Waals surface area contributed by atoms with E-state index in [2.05, 4.69) is 15.5 Å². The van der Waals surface area contributed by atoms with Gasteiger partial charge in [0.2, 0.25) is 0 Å². The van der Waals surface area contributed by atoms with Crippen molar-refractivity contribution < 1.29 is 9.32 Å². The van der Waals surface area contributed by atoms with Crippen molar-refractivity contribution in [2.45, 2.75) is 38.5 Å². The van der Waals surface area contributed by atoms with Crippen LogP contribution in [0.15, 0.2) is 34.9 Å². The van der Waals surface area contributed by atoms with E-state index < -0.39 is 0 Å². The van der Waals surface area contributed by atoms with Crippen molar-refractivity contribution in [1.29, 1.82) is 0 Å². The fourth-order valence-corrected chi connectivity index (χ4v) is 3.20. The molecule has 0 spiro atoms. The van der Waals surface area contributed by atoms with Gasteiger partial charge in [0.25, 0.3) is 11.6 Å². The highest BCUT2D eigenvalue weighted by molar-refractivity contribution is 6.12. The summed E-state index contributed by atoms with van der Waals surface area (Å²) in [6.07, 6.45) is 2.22. The van der Waals surface area contributed by atoms with Gasteiger partial charge < -0.3 is 14.7 Å². The van der Waals surface area contributed by atoms with Gasteiger partial charge in [0.1, 0.15) is 0 Å². The Morgan fingerprint density at radius 1 is 1.22 bits per heavy atom. The number of nitrogens with one attached hydrogen (secondary N) is 1. The Balaban J connectivity index is 1.72. The van der Waals surface area contributed by atoms with Gasteiger partial charge in [-0.3, -0.25) is 4.79 Å². The molecular weight excluding hydrogens is 340 g/mol. The van der Waals surface area contributed by atoms with Gasteiger partial charge in [-0.05, 0) is 49.1 Å². The lowest BCUT2D eigenvalue weighted by molar-refractivity contribution is 0.102. The lowest BCUT2D eigenvalue weighted by Crippen LogP contribution is -2.14. The van der Waals surface area contributed by atoms with E-state index in [1.54, 1.807) is 0 Å². The first-order valence-electron chi connectivity index (χ1n) is 9.33. The summed E-state index contributed by atoms with van der Waals surface area (Å²) < 4.78 is 5.47. The molecule has 4 rings (SSSR count). The van der Waals surface area contributed by atoms with Gasteiger partial charge in [-0.1, -0.05) is 19.0 Å². The number of fused-ring (bicyclic) bond motifs is 1. The molecule has 0 saturated heterocycles. The van der Waals surface area contributed by atoms with Crippen LogP contribution in [-0.2, 0) is 0 Å². The van der Waals surface area contributed by atoms with Crippen LogP contribution >= 0.6 is 0 Å². The zero-order valence-electron chi connectivity index (χ0n) is 16.1. The van der Waals surface area contributed by atoms with E-state index in [-0.39, 0.29) is 11.8 Å². The van der Waals surface area contributed by atoms with Crippen LogP contribution < -0.4 is 10.2 Å². The molecule has 0 bridgehead atoms. The van der Waals surface area contributed by atoms with Gasteiger partial charge in [0.15, 0.2) is 0 Å². The number of carbonyl (C=O) groups excluding carboxylic acids is 1. The predicted octanol–water partition coefficient (Wildman–Crippen LogP) is 4.54. The average molecular weight is 364 g/mol. The number of anilines is 2. The molecule has 0 radical (unpaired) electrons. The molecule has 1 amide bonds. The molecule has 1 aliphatic carbocycles. The standard InChI is InChI=1S/C21H24N4O2/c1-12(2)19-18-16(11-17(13-5-6-13)23-21(18)27-24-19)20(26)22-14-7-9-15(10-8-14)25(3)4/h7-13H,5-6H2,1-4H3,(H,22,26). The molecule has 6 nitrogen and oxygen atoms in total. The normalized spacial score (nSPS) is 14.0. The fraction of sp³-hybridized carbons (Fsp3) is 0.381. The third kappa shape index (κ3) is 3.39. The number of hydrogen-bond acceptors (Lipinski definition) is 5. The van der Waals surface area contributed by atoms with Crippen LogP contribution in [-0.4, -0.2) is 30.1 Å². The van der Waals surface area contributed by atoms with Crippen molar-refractivity contribution in [2.75, 3.05) is 24.3 Å². The number of rotatable bonds is 5. The summed E-state index contributed by atoms with van der Waals surface area (Å²) in [5.41, 5.74) is 4.57. The van der Waals surface area contributed by atoms with E-state index >= 15 is 0 Å². The molecule has 2 heterocycles. The molecule has 3 aromatic rings. The Kier molecular flexibility index (Phi) is 4.34. The Bertz CT molecular complexity index is 985. The molecule has 1 aromatic carbocycles. The van der Waals surface area contributed by atoms with Gasteiger partial charge in [-0.15, -0.1) is 0 Å². The largest absolute Gasteiger partial charge is 0.378 e. The number of pyridine rings is 1. The Labute approximate surface area is 158 Å². The topological polar surface area (TPSA) is 71.3 Å². The second kappa shape index (κ2) is 6.68. The minimum atomic E-state index is -0.160. The van der Waals surface area contributed by atoms with Crippen LogP contribution in [0.2, 0.25) is 0 Å². The molecule has 27 heavy (non-hydrogen) atoms. The van der Waals surface area contributed by atoms with Gasteiger partial charge in [-0.2, -0.15) is 0 Å². The SMILES string of the molecule is CC(C)c1noc2nc(C3CC3)cc(C(=O)Nc3ccc(N(C)C)cc3)c12. The first-order chi connectivity index (χ1) is 12.9. The van der Waals surface area contributed by atoms with Gasteiger partial charge in [0, 0.05) is 37.1 Å². The zero-order chi connectivity index (χ0) is 19.1. The molecule has 6 heteroatoms. The van der Waals surface area contributed by atoms with Crippen molar-refractivity contribution in [2.24, 2.45) is 0 Å². The van der Waals surface area contributed by atoms with E-state index in [1.807, 2.05) is 63.2 Å². The van der Waals surface area contributed by atoms with Crippen molar-refractivity contribution in [3.63, 3.8) is 0 Å². The molecule has 2 aromatic heterocycles. The third-order valence-electron chi connectivity index (χ3n) is 4.92. The van der Waals surface area contributed by atoms with Gasteiger partial charge >= 0.3 is 0 Å². The predicted molar refractivity (Wildman–Crippen MR) is 107 cm³/mol. The van der Waals surface area contributed by atoms with Crippen LogP contribution in [0.25, 0.3) is 11.1 Å². The Morgan fingerprint density at radius 2 is 1.93 bits per heavy atom. The van der Waals surface area contributed by atoms with Gasteiger partial charge in [0.05, 0.1) is 16.6 Å². The number of hydrogen-bond donors (Lipinski definition) is 1. The first kappa shape index (κ1) is 17.5. The van der Waals surface area contributed by atoms with Crippen molar-refractivity contribution in [3.8, 4) is 0 Å². The molecule has 1 N–H and O–H groups in total. The summed E-state index contributed by atoms with van der Waals surface area (Å²) in [4.78, 5) is 19.7. The highest BCUT2D eigenvalue weighted by atomic mass is 16.5. The van der Waals surface area contributed by atoms with Crippen molar-refractivity contribution >= 4 is 28.4 Å². The summed E-state index contributed by atoms with van der Waals surface area (Å²) in [5, 5.41) is 7.90. The lowest BCUT2D eigenvalue weighted by Gasteiger charge is -2.13. The van der Waals surface area contributed by atoms with Gasteiger partial charge in [-0.25, -0.2) is 4.98 Å². The highest BCUT2D eigenvalue weighted by Crippen LogP contribution is 2.41. The molecule has 0 aliphatic heterocycles. The van der Waals surface area contributed by atoms with E-state index in [1.165, 1.54) is 0 Å². The summed E-state index contributed by atoms with van der Waals surface area (Å²) >= 11 is 0. The van der Waals surface area contributed by atoms with E-state index in [9.17, 15) is 4.79 Å². The Morgan fingerprint density at radius 3 is 2.52 bits per heavy atom. The van der Waals surface area contributed by atoms with Crippen molar-refractivity contribution in [1.82, 2.24) is 10.1 Å². The van der Waals surface area contributed by atoms with E-state index in [0.29, 0.717) is 17.2 Å². The summed E-state index contributed by atoms with van der Waals surface area (Å²) in [6.45, 7) is 4.07. The molecule has 1 fully saturated rings. The highest BCUT2D eigenvalue weighted by Gasteiger charge is 2.29. The first-order valence-corrected chi connectivity index (χ1v) is 9.33. The second-order valence-corrected chi connectivity index (χ2v) is 7.67. The molecule has 0 atom stereocenters. The maximum atomic E-state index is 13.1. The number of nitrogens with zero attached hydrogens (tertiary/aromatic N) is 3. The van der Waals surface area contributed by atoms with Crippen LogP contribution in [0, 0.1) is 0 Å². The fourth-order valence-electron chi connectivity index (χ4n) is 3.20. The number of aromatic nitrogens is 2. The smallest absolute Gasteiger partial charge is 0.259 e. The Hall–Kier alpha value is -2.89.